The van der Waals surface area contributed by atoms with Crippen LogP contribution in [0, 0.1) is 0 Å². The van der Waals surface area contributed by atoms with Crippen LogP contribution in [0.4, 0.5) is 0 Å². The van der Waals surface area contributed by atoms with E-state index in [9.17, 15) is 0 Å². The summed E-state index contributed by atoms with van der Waals surface area (Å²) in [5, 5.41) is 13.2. The molecule has 0 N–H and O–H groups in total. The van der Waals surface area contributed by atoms with E-state index in [1.165, 1.54) is 117 Å². The molecular formula is C51H32S2. The largest absolute Gasteiger partial charge is 0.135 e. The molecule has 12 rings (SSSR count). The third-order valence-electron chi connectivity index (χ3n) is 12.0. The topological polar surface area (TPSA) is 0 Å². The fourth-order valence-corrected chi connectivity index (χ4v) is 12.0. The first-order valence-electron chi connectivity index (χ1n) is 18.4. The van der Waals surface area contributed by atoms with Gasteiger partial charge in [0.15, 0.2) is 0 Å². The van der Waals surface area contributed by atoms with Gasteiger partial charge in [0.25, 0.3) is 0 Å². The van der Waals surface area contributed by atoms with Crippen molar-refractivity contribution in [1.29, 1.82) is 0 Å². The first-order chi connectivity index (χ1) is 26.0. The van der Waals surface area contributed by atoms with Crippen LogP contribution in [0.1, 0.15) is 25.0 Å². The van der Waals surface area contributed by atoms with Crippen LogP contribution in [0.5, 0.6) is 0 Å². The van der Waals surface area contributed by atoms with Crippen LogP contribution in [-0.4, -0.2) is 0 Å². The van der Waals surface area contributed by atoms with Gasteiger partial charge in [-0.3, -0.25) is 0 Å². The predicted molar refractivity (Wildman–Crippen MR) is 233 cm³/mol. The fourth-order valence-electron chi connectivity index (χ4n) is 9.63. The predicted octanol–water partition coefficient (Wildman–Crippen LogP) is 15.5. The van der Waals surface area contributed by atoms with Crippen molar-refractivity contribution >= 4 is 95.3 Å². The molecule has 248 valence electrons. The fraction of sp³-hybridized carbons (Fsp3) is 0.0588. The smallest absolute Gasteiger partial charge is 0.0434 e. The SMILES string of the molecule is CC1(C)c2ccc(-c3c4ccccc4c(-c4ccc5sc6ccccc6c5c4)c4ccccc34)cc2-c2c1ccc1sc3c4ccccc4ccc3c21. The monoisotopic (exact) mass is 708 g/mol. The summed E-state index contributed by atoms with van der Waals surface area (Å²) in [5.74, 6) is 0. The highest BCUT2D eigenvalue weighted by molar-refractivity contribution is 7.27. The Labute approximate surface area is 315 Å². The Morgan fingerprint density at radius 1 is 0.377 bits per heavy atom. The molecule has 1 aliphatic carbocycles. The molecule has 0 radical (unpaired) electrons. The molecule has 2 heterocycles. The minimum absolute atomic E-state index is 0.0963. The van der Waals surface area contributed by atoms with E-state index in [0.717, 1.165) is 0 Å². The third-order valence-corrected chi connectivity index (χ3v) is 14.4. The van der Waals surface area contributed by atoms with Crippen molar-refractivity contribution in [2.24, 2.45) is 0 Å². The van der Waals surface area contributed by atoms with Gasteiger partial charge in [-0.05, 0) is 107 Å². The van der Waals surface area contributed by atoms with Crippen molar-refractivity contribution in [1.82, 2.24) is 0 Å². The Bertz CT molecular complexity index is 3310. The van der Waals surface area contributed by atoms with Crippen molar-refractivity contribution < 1.29 is 0 Å². The van der Waals surface area contributed by atoms with E-state index < -0.39 is 0 Å². The molecule has 1 aliphatic rings. The van der Waals surface area contributed by atoms with Crippen molar-refractivity contribution in [3.8, 4) is 33.4 Å². The molecule has 2 aromatic heterocycles. The average molecular weight is 709 g/mol. The molecule has 9 aromatic carbocycles. The third kappa shape index (κ3) is 4.00. The second-order valence-electron chi connectivity index (χ2n) is 15.2. The van der Waals surface area contributed by atoms with Crippen LogP contribution >= 0.6 is 22.7 Å². The summed E-state index contributed by atoms with van der Waals surface area (Å²) in [5.41, 5.74) is 10.7. The van der Waals surface area contributed by atoms with Gasteiger partial charge in [-0.15, -0.1) is 22.7 Å². The quantitative estimate of drug-likeness (QED) is 0.157. The van der Waals surface area contributed by atoms with Crippen LogP contribution < -0.4 is 0 Å². The van der Waals surface area contributed by atoms with Gasteiger partial charge in [0.05, 0.1) is 0 Å². The van der Waals surface area contributed by atoms with Crippen LogP contribution in [-0.2, 0) is 5.41 Å². The molecule has 0 spiro atoms. The van der Waals surface area contributed by atoms with Gasteiger partial charge in [-0.1, -0.05) is 141 Å². The maximum atomic E-state index is 2.52. The Morgan fingerprint density at radius 2 is 0.943 bits per heavy atom. The number of benzene rings is 9. The van der Waals surface area contributed by atoms with Crippen molar-refractivity contribution in [2.45, 2.75) is 19.3 Å². The normalized spacial score (nSPS) is 13.6. The van der Waals surface area contributed by atoms with Crippen molar-refractivity contribution in [2.75, 3.05) is 0 Å². The lowest BCUT2D eigenvalue weighted by molar-refractivity contribution is 0.661. The van der Waals surface area contributed by atoms with Gasteiger partial charge in [0.1, 0.15) is 0 Å². The maximum Gasteiger partial charge on any atom is 0.0434 e. The molecule has 0 bridgehead atoms. The summed E-state index contributed by atoms with van der Waals surface area (Å²) in [4.78, 5) is 0. The zero-order valence-corrected chi connectivity index (χ0v) is 31.0. The summed E-state index contributed by atoms with van der Waals surface area (Å²) in [7, 11) is 0. The van der Waals surface area contributed by atoms with E-state index in [0.29, 0.717) is 0 Å². The zero-order valence-electron chi connectivity index (χ0n) is 29.3. The highest BCUT2D eigenvalue weighted by Crippen LogP contribution is 2.56. The molecule has 0 unspecified atom stereocenters. The van der Waals surface area contributed by atoms with Gasteiger partial charge in [0, 0.05) is 45.8 Å². The molecular weight excluding hydrogens is 677 g/mol. The van der Waals surface area contributed by atoms with Gasteiger partial charge >= 0.3 is 0 Å². The summed E-state index contributed by atoms with van der Waals surface area (Å²) < 4.78 is 5.42. The van der Waals surface area contributed by atoms with Crippen molar-refractivity contribution in [3.63, 3.8) is 0 Å². The van der Waals surface area contributed by atoms with Crippen LogP contribution in [0.25, 0.3) is 106 Å². The molecule has 0 saturated carbocycles. The number of hydrogen-bond acceptors (Lipinski definition) is 2. The van der Waals surface area contributed by atoms with Gasteiger partial charge in [0.2, 0.25) is 0 Å². The van der Waals surface area contributed by atoms with E-state index in [2.05, 4.69) is 172 Å². The molecule has 2 heteroatoms. The summed E-state index contributed by atoms with van der Waals surface area (Å²) in [6.45, 7) is 4.81. The van der Waals surface area contributed by atoms with Crippen LogP contribution in [0.2, 0.25) is 0 Å². The van der Waals surface area contributed by atoms with Crippen molar-refractivity contribution in [3.05, 3.63) is 169 Å². The zero-order chi connectivity index (χ0) is 35.0. The lowest BCUT2D eigenvalue weighted by atomic mass is 9.81. The molecule has 0 fully saturated rings. The Hall–Kier alpha value is -5.80. The summed E-state index contributed by atoms with van der Waals surface area (Å²) in [6.07, 6.45) is 0. The molecule has 11 aromatic rings. The Kier molecular flexibility index (Phi) is 5.97. The van der Waals surface area contributed by atoms with E-state index >= 15 is 0 Å². The number of thiophene rings is 2. The molecule has 0 aliphatic heterocycles. The minimum Gasteiger partial charge on any atom is -0.135 e. The standard InChI is InChI=1S/C51H32S2/c1-51(2)41-23-20-30(28-40(41)48-42(51)24-26-45-49(48)38-22-19-29-11-3-4-12-32(29)50(38)53-45)46-34-14-5-7-16-36(34)47(37-17-8-6-15-35(37)46)31-21-25-44-39(27-31)33-13-9-10-18-43(33)52-44/h3-28H,1-2H3. The second kappa shape index (κ2) is 10.6. The van der Waals surface area contributed by atoms with Gasteiger partial charge in [-0.2, -0.15) is 0 Å². The number of rotatable bonds is 2. The Balaban J connectivity index is 1.14. The van der Waals surface area contributed by atoms with E-state index in [1.54, 1.807) is 0 Å². The van der Waals surface area contributed by atoms with Crippen LogP contribution in [0.3, 0.4) is 0 Å². The van der Waals surface area contributed by atoms with Gasteiger partial charge < -0.3 is 0 Å². The highest BCUT2D eigenvalue weighted by atomic mass is 32.1. The minimum atomic E-state index is -0.0963. The molecule has 0 atom stereocenters. The molecule has 0 amide bonds. The van der Waals surface area contributed by atoms with Crippen LogP contribution in [0.15, 0.2) is 158 Å². The molecule has 53 heavy (non-hydrogen) atoms. The first-order valence-corrected chi connectivity index (χ1v) is 20.1. The number of fused-ring (bicyclic) bond motifs is 14. The highest BCUT2D eigenvalue weighted by Gasteiger charge is 2.37. The summed E-state index contributed by atoms with van der Waals surface area (Å²) in [6, 6.07) is 59.6. The molecule has 0 saturated heterocycles. The van der Waals surface area contributed by atoms with E-state index in [-0.39, 0.29) is 5.41 Å². The average Bonchev–Trinajstić information content (AvgIpc) is 3.84. The molecule has 0 nitrogen and oxygen atoms in total. The number of hydrogen-bond donors (Lipinski definition) is 0. The maximum absolute atomic E-state index is 2.52. The van der Waals surface area contributed by atoms with E-state index in [1.807, 2.05) is 22.7 Å². The Morgan fingerprint density at radius 3 is 1.68 bits per heavy atom. The second-order valence-corrected chi connectivity index (χ2v) is 17.3. The summed E-state index contributed by atoms with van der Waals surface area (Å²) >= 11 is 3.82. The van der Waals surface area contributed by atoms with Gasteiger partial charge in [-0.25, -0.2) is 0 Å². The van der Waals surface area contributed by atoms with E-state index in [4.69, 9.17) is 0 Å². The lowest BCUT2D eigenvalue weighted by Crippen LogP contribution is -2.14. The lowest BCUT2D eigenvalue weighted by Gasteiger charge is -2.22. The first kappa shape index (κ1) is 29.7.